The largest absolute Gasteiger partial charge is 0.378 e. The number of carbonyl (C=O) groups excluding carboxylic acids is 4. The Bertz CT molecular complexity index is 969. The van der Waals surface area contributed by atoms with Crippen LogP contribution in [0.25, 0.3) is 0 Å². The number of amides is 3. The molecule has 0 saturated carbocycles. The number of likely N-dealkylation sites (tertiary alicyclic amines) is 2. The smallest absolute Gasteiger partial charge is 0.251 e. The highest BCUT2D eigenvalue weighted by Gasteiger charge is 2.52. The van der Waals surface area contributed by atoms with Crippen molar-refractivity contribution in [3.8, 4) is 0 Å². The van der Waals surface area contributed by atoms with Gasteiger partial charge in [-0.05, 0) is 55.9 Å². The molecule has 37 heavy (non-hydrogen) atoms. The predicted molar refractivity (Wildman–Crippen MR) is 145 cm³/mol. The third-order valence-corrected chi connectivity index (χ3v) is 7.57. The Kier molecular flexibility index (Phi) is 9.74. The van der Waals surface area contributed by atoms with Crippen molar-refractivity contribution in [3.63, 3.8) is 0 Å². The normalized spacial score (nSPS) is 19.9. The first kappa shape index (κ1) is 28.7. The Hall–Kier alpha value is -2.90. The van der Waals surface area contributed by atoms with Gasteiger partial charge in [-0.1, -0.05) is 40.5 Å². The fourth-order valence-corrected chi connectivity index (χ4v) is 5.73. The molecular formula is C29H44N4O4. The molecule has 3 amide bonds. The molecule has 1 aromatic carbocycles. The van der Waals surface area contributed by atoms with Gasteiger partial charge in [0.15, 0.2) is 5.78 Å². The van der Waals surface area contributed by atoms with Crippen LogP contribution in [0, 0.1) is 11.8 Å². The van der Waals surface area contributed by atoms with E-state index in [2.05, 4.69) is 19.2 Å². The van der Waals surface area contributed by atoms with E-state index in [4.69, 9.17) is 0 Å². The molecule has 0 aliphatic carbocycles. The number of hydrogen-bond donors (Lipinski definition) is 1. The fraction of sp³-hybridized carbons (Fsp3) is 0.655. The van der Waals surface area contributed by atoms with Crippen molar-refractivity contribution in [3.05, 3.63) is 29.8 Å². The molecule has 2 aliphatic rings. The predicted octanol–water partition coefficient (Wildman–Crippen LogP) is 3.49. The molecule has 3 unspecified atom stereocenters. The molecule has 0 aromatic heterocycles. The third-order valence-electron chi connectivity index (χ3n) is 7.57. The van der Waals surface area contributed by atoms with Crippen molar-refractivity contribution in [2.24, 2.45) is 11.8 Å². The van der Waals surface area contributed by atoms with Crippen LogP contribution in [0.5, 0.6) is 0 Å². The number of carbonyl (C=O) groups is 4. The number of nitrogens with one attached hydrogen (secondary N) is 1. The van der Waals surface area contributed by atoms with Gasteiger partial charge in [-0.15, -0.1) is 0 Å². The molecule has 2 heterocycles. The lowest BCUT2D eigenvalue weighted by Gasteiger charge is -2.30. The van der Waals surface area contributed by atoms with Crippen LogP contribution >= 0.6 is 0 Å². The van der Waals surface area contributed by atoms with Crippen molar-refractivity contribution in [1.82, 2.24) is 15.1 Å². The zero-order valence-corrected chi connectivity index (χ0v) is 23.3. The topological polar surface area (TPSA) is 90.0 Å². The van der Waals surface area contributed by atoms with Crippen LogP contribution in [-0.2, 0) is 14.4 Å². The van der Waals surface area contributed by atoms with E-state index in [0.29, 0.717) is 24.9 Å². The number of benzene rings is 1. The molecule has 1 aromatic rings. The van der Waals surface area contributed by atoms with E-state index in [0.717, 1.165) is 31.4 Å². The molecule has 8 heteroatoms. The first-order valence-corrected chi connectivity index (χ1v) is 13.8. The first-order chi connectivity index (χ1) is 17.6. The summed E-state index contributed by atoms with van der Waals surface area (Å²) >= 11 is 0. The van der Waals surface area contributed by atoms with Gasteiger partial charge in [0.2, 0.25) is 11.8 Å². The summed E-state index contributed by atoms with van der Waals surface area (Å²) in [6.45, 7) is 8.65. The van der Waals surface area contributed by atoms with Crippen LogP contribution in [0.3, 0.4) is 0 Å². The highest BCUT2D eigenvalue weighted by atomic mass is 16.2. The van der Waals surface area contributed by atoms with Crippen LogP contribution < -0.4 is 10.2 Å². The molecule has 0 bridgehead atoms. The fourth-order valence-electron chi connectivity index (χ4n) is 5.73. The van der Waals surface area contributed by atoms with Crippen molar-refractivity contribution in [2.45, 2.75) is 84.3 Å². The van der Waals surface area contributed by atoms with Gasteiger partial charge in [-0.3, -0.25) is 19.2 Å². The summed E-state index contributed by atoms with van der Waals surface area (Å²) in [5.41, 5.74) is 1.46. The van der Waals surface area contributed by atoms with Gasteiger partial charge in [0.05, 0.1) is 12.6 Å². The number of rotatable bonds is 11. The zero-order valence-electron chi connectivity index (χ0n) is 23.3. The maximum absolute atomic E-state index is 13.7. The van der Waals surface area contributed by atoms with Gasteiger partial charge in [-0.2, -0.15) is 0 Å². The number of ketones is 1. The van der Waals surface area contributed by atoms with E-state index in [1.807, 2.05) is 45.0 Å². The number of hydrogen-bond acceptors (Lipinski definition) is 5. The summed E-state index contributed by atoms with van der Waals surface area (Å²) in [5.74, 6) is -0.475. The van der Waals surface area contributed by atoms with Gasteiger partial charge in [0, 0.05) is 37.8 Å². The average molecular weight is 513 g/mol. The first-order valence-electron chi connectivity index (χ1n) is 13.8. The summed E-state index contributed by atoms with van der Waals surface area (Å²) < 4.78 is 0. The lowest BCUT2D eigenvalue weighted by molar-refractivity contribution is -0.138. The number of Topliss-reactive ketones (excluding diaryl/α,β-unsaturated/α-hetero) is 1. The Morgan fingerprint density at radius 1 is 1.00 bits per heavy atom. The van der Waals surface area contributed by atoms with E-state index in [1.54, 1.807) is 21.9 Å². The standard InChI is InChI=1S/C29H44N4O4/c1-7-9-21(10-8-2)28(36)33-18-25(34)26-24(33)15-16-32(26)29(37)23(17-19(3)4)30-27(35)20-11-13-22(14-12-20)31(5)6/h11-14,19,21,23-24,26H,7-10,15-18H2,1-6H3,(H,30,35). The second-order valence-electron chi connectivity index (χ2n) is 11.1. The van der Waals surface area contributed by atoms with E-state index in [1.165, 1.54) is 0 Å². The second kappa shape index (κ2) is 12.6. The molecule has 204 valence electrons. The molecule has 2 saturated heterocycles. The van der Waals surface area contributed by atoms with Crippen molar-refractivity contribution in [1.29, 1.82) is 0 Å². The highest BCUT2D eigenvalue weighted by molar-refractivity contribution is 6.01. The molecule has 3 rings (SSSR count). The van der Waals surface area contributed by atoms with E-state index < -0.39 is 12.1 Å². The van der Waals surface area contributed by atoms with Crippen LogP contribution in [0.15, 0.2) is 24.3 Å². The van der Waals surface area contributed by atoms with E-state index >= 15 is 0 Å². The third kappa shape index (κ3) is 6.51. The summed E-state index contributed by atoms with van der Waals surface area (Å²) in [4.78, 5) is 58.6. The van der Waals surface area contributed by atoms with Gasteiger partial charge in [0.25, 0.3) is 5.91 Å². The zero-order chi connectivity index (χ0) is 27.3. The Balaban J connectivity index is 1.75. The molecule has 2 fully saturated rings. The Morgan fingerprint density at radius 2 is 1.62 bits per heavy atom. The van der Waals surface area contributed by atoms with Gasteiger partial charge in [0.1, 0.15) is 12.1 Å². The van der Waals surface area contributed by atoms with Crippen LogP contribution in [0.2, 0.25) is 0 Å². The van der Waals surface area contributed by atoms with E-state index in [-0.39, 0.29) is 47.9 Å². The number of anilines is 1. The molecule has 0 spiro atoms. The van der Waals surface area contributed by atoms with Crippen LogP contribution in [0.4, 0.5) is 5.69 Å². The van der Waals surface area contributed by atoms with Gasteiger partial charge >= 0.3 is 0 Å². The van der Waals surface area contributed by atoms with E-state index in [9.17, 15) is 19.2 Å². The van der Waals surface area contributed by atoms with Crippen molar-refractivity contribution < 1.29 is 19.2 Å². The average Bonchev–Trinajstić information content (AvgIpc) is 3.43. The summed E-state index contributed by atoms with van der Waals surface area (Å²) in [7, 11) is 3.87. The monoisotopic (exact) mass is 512 g/mol. The van der Waals surface area contributed by atoms with Crippen molar-refractivity contribution >= 4 is 29.2 Å². The number of fused-ring (bicyclic) bond motifs is 1. The SMILES string of the molecule is CCCC(CCC)C(=O)N1CC(=O)C2C1CCN2C(=O)C(CC(C)C)NC(=O)c1ccc(N(C)C)cc1. The van der Waals surface area contributed by atoms with Gasteiger partial charge < -0.3 is 20.0 Å². The maximum atomic E-state index is 13.7. The molecule has 3 atom stereocenters. The molecular weight excluding hydrogens is 468 g/mol. The Morgan fingerprint density at radius 3 is 2.16 bits per heavy atom. The molecule has 2 aliphatic heterocycles. The lowest BCUT2D eigenvalue weighted by Crippen LogP contribution is -2.53. The lowest BCUT2D eigenvalue weighted by atomic mass is 9.96. The summed E-state index contributed by atoms with van der Waals surface area (Å²) in [5, 5.41) is 2.93. The van der Waals surface area contributed by atoms with Gasteiger partial charge in [-0.25, -0.2) is 0 Å². The summed E-state index contributed by atoms with van der Waals surface area (Å²) in [6.07, 6.45) is 4.54. The minimum atomic E-state index is -0.731. The quantitative estimate of drug-likeness (QED) is 0.490. The summed E-state index contributed by atoms with van der Waals surface area (Å²) in [6, 6.07) is 5.62. The molecule has 0 radical (unpaired) electrons. The minimum absolute atomic E-state index is 0.0482. The second-order valence-corrected chi connectivity index (χ2v) is 11.1. The number of nitrogens with zero attached hydrogens (tertiary/aromatic N) is 3. The van der Waals surface area contributed by atoms with Crippen LogP contribution in [-0.4, -0.2) is 78.6 Å². The van der Waals surface area contributed by atoms with Crippen LogP contribution in [0.1, 0.15) is 76.6 Å². The molecule has 8 nitrogen and oxygen atoms in total. The van der Waals surface area contributed by atoms with Crippen molar-refractivity contribution in [2.75, 3.05) is 32.1 Å². The Labute approximate surface area is 221 Å². The maximum Gasteiger partial charge on any atom is 0.251 e. The minimum Gasteiger partial charge on any atom is -0.378 e. The molecule has 1 N–H and O–H groups in total. The highest BCUT2D eigenvalue weighted by Crippen LogP contribution is 2.33.